The smallest absolute Gasteiger partial charge is 0.328 e. The number of ether oxygens (including phenoxy) is 1. The summed E-state index contributed by atoms with van der Waals surface area (Å²) in [5.41, 5.74) is -0.943. The van der Waals surface area contributed by atoms with Gasteiger partial charge in [0.1, 0.15) is 17.4 Å². The number of amides is 1. The van der Waals surface area contributed by atoms with Gasteiger partial charge < -0.3 is 14.2 Å². The standard InChI is InChI=1S/C19H18F2N4O4S/c20-11-9-13(21)17-14(10-11)30-19(23-17)29-12-1-5-24(6-2-12)16(27)4-8-25-7-3-15(26)22-18(25)28/h3,7,9-10,12H,1-2,4-6,8H2,(H,22,26,28). The molecule has 0 atom stereocenters. The number of nitrogens with zero attached hydrogens (tertiary/aromatic N) is 3. The van der Waals surface area contributed by atoms with Crippen LogP contribution in [0.5, 0.6) is 5.19 Å². The number of aryl methyl sites for hydroxylation is 1. The third-order valence-electron chi connectivity index (χ3n) is 4.92. The van der Waals surface area contributed by atoms with Crippen molar-refractivity contribution in [2.45, 2.75) is 31.9 Å². The Morgan fingerprint density at radius 2 is 2.03 bits per heavy atom. The van der Waals surface area contributed by atoms with E-state index >= 15 is 0 Å². The van der Waals surface area contributed by atoms with Crippen molar-refractivity contribution in [2.75, 3.05) is 13.1 Å². The Balaban J connectivity index is 1.30. The van der Waals surface area contributed by atoms with E-state index in [1.165, 1.54) is 22.9 Å². The summed E-state index contributed by atoms with van der Waals surface area (Å²) in [6.45, 7) is 1.15. The molecule has 4 rings (SSSR count). The fourth-order valence-electron chi connectivity index (χ4n) is 3.35. The molecule has 30 heavy (non-hydrogen) atoms. The number of aromatic amines is 1. The lowest BCUT2D eigenvalue weighted by Gasteiger charge is -2.31. The van der Waals surface area contributed by atoms with Gasteiger partial charge in [-0.15, -0.1) is 0 Å². The molecule has 0 unspecified atom stereocenters. The molecule has 0 bridgehead atoms. The Bertz CT molecular complexity index is 1200. The number of carbonyl (C=O) groups is 1. The topological polar surface area (TPSA) is 97.3 Å². The van der Waals surface area contributed by atoms with E-state index in [-0.39, 0.29) is 35.7 Å². The zero-order chi connectivity index (χ0) is 21.3. The van der Waals surface area contributed by atoms with Crippen LogP contribution in [0.2, 0.25) is 0 Å². The molecule has 1 aliphatic rings. The van der Waals surface area contributed by atoms with Gasteiger partial charge in [0.15, 0.2) is 5.82 Å². The minimum absolute atomic E-state index is 0.0847. The Morgan fingerprint density at radius 1 is 1.27 bits per heavy atom. The van der Waals surface area contributed by atoms with Crippen LogP contribution >= 0.6 is 11.3 Å². The van der Waals surface area contributed by atoms with Crippen molar-refractivity contribution in [3.05, 3.63) is 56.9 Å². The number of likely N-dealkylation sites (tertiary alicyclic amines) is 1. The van der Waals surface area contributed by atoms with Crippen LogP contribution in [0, 0.1) is 11.6 Å². The molecular weight excluding hydrogens is 418 g/mol. The van der Waals surface area contributed by atoms with Gasteiger partial charge in [0.25, 0.3) is 10.8 Å². The van der Waals surface area contributed by atoms with E-state index in [0.29, 0.717) is 30.6 Å². The van der Waals surface area contributed by atoms with Crippen molar-refractivity contribution >= 4 is 27.5 Å². The molecule has 8 nitrogen and oxygen atoms in total. The van der Waals surface area contributed by atoms with Crippen molar-refractivity contribution in [1.82, 2.24) is 19.4 Å². The molecule has 1 aromatic carbocycles. The number of fused-ring (bicyclic) bond motifs is 1. The average Bonchev–Trinajstić information content (AvgIpc) is 3.10. The van der Waals surface area contributed by atoms with Crippen LogP contribution in [-0.2, 0) is 11.3 Å². The van der Waals surface area contributed by atoms with Gasteiger partial charge in [0.05, 0.1) is 4.70 Å². The second kappa shape index (κ2) is 8.34. The van der Waals surface area contributed by atoms with Crippen LogP contribution < -0.4 is 16.0 Å². The number of carbonyl (C=O) groups excluding carboxylic acids is 1. The molecule has 3 aromatic rings. The van der Waals surface area contributed by atoms with Gasteiger partial charge in [0, 0.05) is 57.2 Å². The first-order valence-electron chi connectivity index (χ1n) is 9.39. The van der Waals surface area contributed by atoms with Crippen molar-refractivity contribution < 1.29 is 18.3 Å². The molecule has 1 N–H and O–H groups in total. The summed E-state index contributed by atoms with van der Waals surface area (Å²) in [7, 11) is 0. The maximum Gasteiger partial charge on any atom is 0.328 e. The second-order valence-corrected chi connectivity index (χ2v) is 7.96. The average molecular weight is 436 g/mol. The Hall–Kier alpha value is -3.08. The highest BCUT2D eigenvalue weighted by atomic mass is 32.1. The normalized spacial score (nSPS) is 14.9. The molecule has 0 aliphatic carbocycles. The number of rotatable bonds is 5. The lowest BCUT2D eigenvalue weighted by molar-refractivity contribution is -0.133. The van der Waals surface area contributed by atoms with Crippen molar-refractivity contribution in [2.24, 2.45) is 0 Å². The Labute approximate surface area is 172 Å². The zero-order valence-electron chi connectivity index (χ0n) is 15.8. The second-order valence-electron chi connectivity index (χ2n) is 6.97. The van der Waals surface area contributed by atoms with E-state index in [0.717, 1.165) is 17.4 Å². The van der Waals surface area contributed by atoms with Gasteiger partial charge in [-0.2, -0.15) is 4.98 Å². The summed E-state index contributed by atoms with van der Waals surface area (Å²) in [5.74, 6) is -1.48. The van der Waals surface area contributed by atoms with Crippen molar-refractivity contribution in [3.8, 4) is 5.19 Å². The molecule has 0 spiro atoms. The minimum atomic E-state index is -0.724. The van der Waals surface area contributed by atoms with Gasteiger partial charge in [-0.1, -0.05) is 11.3 Å². The van der Waals surface area contributed by atoms with E-state index in [1.54, 1.807) is 4.90 Å². The van der Waals surface area contributed by atoms with Crippen LogP contribution in [0.1, 0.15) is 19.3 Å². The molecule has 0 radical (unpaired) electrons. The Kier molecular flexibility index (Phi) is 5.62. The highest BCUT2D eigenvalue weighted by Crippen LogP contribution is 2.31. The van der Waals surface area contributed by atoms with E-state index in [4.69, 9.17) is 4.74 Å². The van der Waals surface area contributed by atoms with Crippen LogP contribution in [0.4, 0.5) is 8.78 Å². The minimum Gasteiger partial charge on any atom is -0.467 e. The van der Waals surface area contributed by atoms with E-state index < -0.39 is 22.9 Å². The summed E-state index contributed by atoms with van der Waals surface area (Å²) >= 11 is 1.08. The van der Waals surface area contributed by atoms with Crippen LogP contribution in [0.15, 0.2) is 34.0 Å². The number of hydrogen-bond acceptors (Lipinski definition) is 6. The first kappa shape index (κ1) is 20.2. The van der Waals surface area contributed by atoms with E-state index in [1.807, 2.05) is 0 Å². The fraction of sp³-hybridized carbons (Fsp3) is 0.368. The number of thiazole rings is 1. The lowest BCUT2D eigenvalue weighted by atomic mass is 10.1. The summed E-state index contributed by atoms with van der Waals surface area (Å²) < 4.78 is 34.6. The van der Waals surface area contributed by atoms with E-state index in [2.05, 4.69) is 9.97 Å². The van der Waals surface area contributed by atoms with Crippen LogP contribution in [0.25, 0.3) is 10.2 Å². The monoisotopic (exact) mass is 436 g/mol. The van der Waals surface area contributed by atoms with Crippen LogP contribution in [0.3, 0.4) is 0 Å². The van der Waals surface area contributed by atoms with Gasteiger partial charge in [-0.05, 0) is 6.07 Å². The highest BCUT2D eigenvalue weighted by molar-refractivity contribution is 7.20. The predicted molar refractivity (Wildman–Crippen MR) is 106 cm³/mol. The van der Waals surface area contributed by atoms with Crippen LogP contribution in [-0.4, -0.2) is 44.5 Å². The van der Waals surface area contributed by atoms with Gasteiger partial charge in [-0.25, -0.2) is 13.6 Å². The maximum absolute atomic E-state index is 13.8. The number of benzene rings is 1. The summed E-state index contributed by atoms with van der Waals surface area (Å²) in [4.78, 5) is 43.1. The number of halogens is 2. The maximum atomic E-state index is 13.8. The third kappa shape index (κ3) is 4.40. The molecule has 3 heterocycles. The number of H-pyrrole nitrogens is 1. The molecule has 1 aliphatic heterocycles. The molecule has 11 heteroatoms. The SMILES string of the molecule is O=C(CCn1ccc(=O)[nH]c1=O)N1CCC(Oc2nc3c(F)cc(F)cc3s2)CC1. The number of aromatic nitrogens is 3. The summed E-state index contributed by atoms with van der Waals surface area (Å²) in [5, 5.41) is 0.275. The van der Waals surface area contributed by atoms with Gasteiger partial charge >= 0.3 is 5.69 Å². The number of nitrogens with one attached hydrogen (secondary N) is 1. The summed E-state index contributed by atoms with van der Waals surface area (Å²) in [6, 6.07) is 3.24. The van der Waals surface area contributed by atoms with Gasteiger partial charge in [-0.3, -0.25) is 14.6 Å². The molecule has 2 aromatic heterocycles. The van der Waals surface area contributed by atoms with Gasteiger partial charge in [0.2, 0.25) is 5.91 Å². The first-order chi connectivity index (χ1) is 14.4. The fourth-order valence-corrected chi connectivity index (χ4v) is 4.27. The molecule has 0 saturated carbocycles. The molecule has 1 saturated heterocycles. The number of piperidine rings is 1. The predicted octanol–water partition coefficient (Wildman–Crippen LogP) is 1.88. The molecular formula is C19H18F2N4O4S. The summed E-state index contributed by atoms with van der Waals surface area (Å²) in [6.07, 6.45) is 2.49. The molecule has 158 valence electrons. The molecule has 1 fully saturated rings. The zero-order valence-corrected chi connectivity index (χ0v) is 16.6. The third-order valence-corrected chi connectivity index (χ3v) is 5.81. The Morgan fingerprint density at radius 3 is 2.77 bits per heavy atom. The van der Waals surface area contributed by atoms with E-state index in [9.17, 15) is 23.2 Å². The lowest BCUT2D eigenvalue weighted by Crippen LogP contribution is -2.42. The highest BCUT2D eigenvalue weighted by Gasteiger charge is 2.25. The number of hydrogen-bond donors (Lipinski definition) is 1. The first-order valence-corrected chi connectivity index (χ1v) is 10.2. The largest absolute Gasteiger partial charge is 0.467 e. The molecule has 1 amide bonds. The quantitative estimate of drug-likeness (QED) is 0.659. The van der Waals surface area contributed by atoms with Crippen molar-refractivity contribution in [1.29, 1.82) is 0 Å². The van der Waals surface area contributed by atoms with Crippen molar-refractivity contribution in [3.63, 3.8) is 0 Å².